The predicted octanol–water partition coefficient (Wildman–Crippen LogP) is 5.50. The molecule has 1 aromatic rings. The Morgan fingerprint density at radius 1 is 1.18 bits per heavy atom. The van der Waals surface area contributed by atoms with E-state index in [1.165, 1.54) is 19.3 Å². The maximum absolute atomic E-state index is 11.9. The summed E-state index contributed by atoms with van der Waals surface area (Å²) in [6, 6.07) is 7.86. The molecule has 4 atom stereocenters. The normalized spacial score (nSPS) is 27.7. The first kappa shape index (κ1) is 23.0. The summed E-state index contributed by atoms with van der Waals surface area (Å²) < 4.78 is 0. The van der Waals surface area contributed by atoms with Crippen LogP contribution in [0.3, 0.4) is 0 Å². The van der Waals surface area contributed by atoms with Crippen LogP contribution >= 0.6 is 12.4 Å². The third kappa shape index (κ3) is 5.42. The van der Waals surface area contributed by atoms with Crippen molar-refractivity contribution in [3.63, 3.8) is 0 Å². The summed E-state index contributed by atoms with van der Waals surface area (Å²) in [5.74, 6) is 0.930. The van der Waals surface area contributed by atoms with Gasteiger partial charge in [-0.2, -0.15) is 0 Å². The zero-order chi connectivity index (χ0) is 19.4. The average molecular weight is 410 g/mol. The number of phenols is 1. The van der Waals surface area contributed by atoms with Gasteiger partial charge in [0.05, 0.1) is 5.92 Å². The van der Waals surface area contributed by atoms with Crippen molar-refractivity contribution in [3.05, 3.63) is 29.8 Å². The van der Waals surface area contributed by atoms with Crippen molar-refractivity contribution in [2.24, 2.45) is 23.7 Å². The molecule has 0 radical (unpaired) electrons. The zero-order valence-electron chi connectivity index (χ0n) is 17.2. The topological polar surface area (TPSA) is 60.8 Å². The van der Waals surface area contributed by atoms with E-state index in [4.69, 9.17) is 0 Å². The van der Waals surface area contributed by atoms with E-state index in [9.17, 15) is 15.0 Å². The molecule has 2 fully saturated rings. The standard InChI is InChI=1S/C23H35NO3.ClH/c1-16-11-13-24(22(17(16)2)19-9-6-10-20(25)15-19)14-12-21(23(26)27)18-7-4-3-5-8-18;/h6,9-10,15-18,21-22,25H,3-5,7-8,11-14H2,1-2H3,(H,26,27);1H. The highest BCUT2D eigenvalue weighted by Gasteiger charge is 2.36. The van der Waals surface area contributed by atoms with E-state index in [1.807, 2.05) is 12.1 Å². The molecule has 28 heavy (non-hydrogen) atoms. The van der Waals surface area contributed by atoms with E-state index >= 15 is 0 Å². The molecule has 4 nitrogen and oxygen atoms in total. The molecule has 1 saturated carbocycles. The number of hydrogen-bond donors (Lipinski definition) is 2. The number of carbonyl (C=O) groups is 1. The molecule has 4 unspecified atom stereocenters. The molecular weight excluding hydrogens is 374 g/mol. The first-order chi connectivity index (χ1) is 13.0. The lowest BCUT2D eigenvalue weighted by Crippen LogP contribution is -2.43. The number of phenolic OH excluding ortho intramolecular Hbond substituents is 1. The molecule has 158 valence electrons. The van der Waals surface area contributed by atoms with Crippen LogP contribution in [-0.4, -0.2) is 34.2 Å². The second-order valence-electron chi connectivity index (χ2n) is 8.83. The third-order valence-corrected chi connectivity index (χ3v) is 7.14. The zero-order valence-corrected chi connectivity index (χ0v) is 18.0. The number of aromatic hydroxyl groups is 1. The van der Waals surface area contributed by atoms with Gasteiger partial charge < -0.3 is 10.2 Å². The summed E-state index contributed by atoms with van der Waals surface area (Å²) in [6.45, 7) is 6.43. The highest BCUT2D eigenvalue weighted by Crippen LogP contribution is 2.41. The quantitative estimate of drug-likeness (QED) is 0.650. The maximum Gasteiger partial charge on any atom is 0.306 e. The monoisotopic (exact) mass is 409 g/mol. The van der Waals surface area contributed by atoms with E-state index in [2.05, 4.69) is 24.8 Å². The van der Waals surface area contributed by atoms with Crippen LogP contribution in [0.4, 0.5) is 0 Å². The number of aliphatic carboxylic acids is 1. The summed E-state index contributed by atoms with van der Waals surface area (Å²) in [4.78, 5) is 14.4. The number of likely N-dealkylation sites (tertiary alicyclic amines) is 1. The Labute approximate surface area is 175 Å². The van der Waals surface area contributed by atoms with Crippen molar-refractivity contribution < 1.29 is 15.0 Å². The SMILES string of the molecule is CC1CCN(CCC(C(=O)O)C2CCCCC2)C(c2cccc(O)c2)C1C.Cl. The van der Waals surface area contributed by atoms with Crippen molar-refractivity contribution >= 4 is 18.4 Å². The molecule has 5 heteroatoms. The van der Waals surface area contributed by atoms with Gasteiger partial charge in [-0.3, -0.25) is 9.69 Å². The Bertz CT molecular complexity index is 632. The highest BCUT2D eigenvalue weighted by atomic mass is 35.5. The summed E-state index contributed by atoms with van der Waals surface area (Å²) in [5, 5.41) is 19.8. The van der Waals surface area contributed by atoms with Gasteiger partial charge in [0.1, 0.15) is 5.75 Å². The lowest BCUT2D eigenvalue weighted by Gasteiger charge is -2.44. The first-order valence-corrected chi connectivity index (χ1v) is 10.7. The molecule has 1 aromatic carbocycles. The number of carboxylic acid groups (broad SMARTS) is 1. The molecule has 1 heterocycles. The molecule has 1 aliphatic carbocycles. The summed E-state index contributed by atoms with van der Waals surface area (Å²) in [5.41, 5.74) is 1.15. The van der Waals surface area contributed by atoms with Crippen LogP contribution in [0, 0.1) is 23.7 Å². The van der Waals surface area contributed by atoms with Crippen LogP contribution in [0.2, 0.25) is 0 Å². The molecule has 0 amide bonds. The van der Waals surface area contributed by atoms with E-state index < -0.39 is 5.97 Å². The van der Waals surface area contributed by atoms with Crippen LogP contribution in [0.5, 0.6) is 5.75 Å². The smallest absolute Gasteiger partial charge is 0.306 e. The third-order valence-electron chi connectivity index (χ3n) is 7.14. The van der Waals surface area contributed by atoms with Gasteiger partial charge in [-0.25, -0.2) is 0 Å². The summed E-state index contributed by atoms with van der Waals surface area (Å²) in [6.07, 6.45) is 7.63. The first-order valence-electron chi connectivity index (χ1n) is 10.7. The second-order valence-corrected chi connectivity index (χ2v) is 8.83. The van der Waals surface area contributed by atoms with Gasteiger partial charge in [-0.05, 0) is 74.2 Å². The number of carboxylic acids is 1. The second kappa shape index (κ2) is 10.5. The molecular formula is C23H36ClNO3. The average Bonchev–Trinajstić information content (AvgIpc) is 2.65. The highest BCUT2D eigenvalue weighted by molar-refractivity contribution is 5.85. The number of rotatable bonds is 6. The Morgan fingerprint density at radius 3 is 2.54 bits per heavy atom. The van der Waals surface area contributed by atoms with Crippen molar-refractivity contribution in [2.45, 2.75) is 64.8 Å². The number of piperidine rings is 1. The fraction of sp³-hybridized carbons (Fsp3) is 0.696. The lowest BCUT2D eigenvalue weighted by atomic mass is 9.77. The van der Waals surface area contributed by atoms with Crippen LogP contribution in [0.1, 0.15) is 70.4 Å². The molecule has 1 aliphatic heterocycles. The van der Waals surface area contributed by atoms with Gasteiger partial charge in [0.25, 0.3) is 0 Å². The number of benzene rings is 1. The minimum atomic E-state index is -0.616. The molecule has 0 aromatic heterocycles. The van der Waals surface area contributed by atoms with Crippen molar-refractivity contribution in [1.29, 1.82) is 0 Å². The van der Waals surface area contributed by atoms with Crippen LogP contribution in [-0.2, 0) is 4.79 Å². The van der Waals surface area contributed by atoms with Gasteiger partial charge in [0.2, 0.25) is 0 Å². The molecule has 0 spiro atoms. The van der Waals surface area contributed by atoms with Gasteiger partial charge in [-0.1, -0.05) is 45.2 Å². The van der Waals surface area contributed by atoms with Gasteiger partial charge in [0, 0.05) is 6.04 Å². The lowest BCUT2D eigenvalue weighted by molar-refractivity contribution is -0.144. The van der Waals surface area contributed by atoms with Gasteiger partial charge in [0.15, 0.2) is 0 Å². The van der Waals surface area contributed by atoms with Crippen molar-refractivity contribution in [1.82, 2.24) is 4.90 Å². The molecule has 2 aliphatic rings. The fourth-order valence-electron chi connectivity index (χ4n) is 5.29. The minimum Gasteiger partial charge on any atom is -0.508 e. The molecule has 0 bridgehead atoms. The van der Waals surface area contributed by atoms with Crippen LogP contribution in [0.25, 0.3) is 0 Å². The molecule has 1 saturated heterocycles. The molecule has 2 N–H and O–H groups in total. The largest absolute Gasteiger partial charge is 0.508 e. The van der Waals surface area contributed by atoms with E-state index in [0.717, 1.165) is 44.3 Å². The molecule has 3 rings (SSSR count). The Hall–Kier alpha value is -1.26. The van der Waals surface area contributed by atoms with Gasteiger partial charge in [-0.15, -0.1) is 12.4 Å². The van der Waals surface area contributed by atoms with Crippen molar-refractivity contribution in [2.75, 3.05) is 13.1 Å². The van der Waals surface area contributed by atoms with Crippen molar-refractivity contribution in [3.8, 4) is 5.75 Å². The van der Waals surface area contributed by atoms with E-state index in [1.54, 1.807) is 6.07 Å². The van der Waals surface area contributed by atoms with Gasteiger partial charge >= 0.3 is 5.97 Å². The number of hydrogen-bond acceptors (Lipinski definition) is 3. The Kier molecular flexibility index (Phi) is 8.63. The minimum absolute atomic E-state index is 0. The van der Waals surface area contributed by atoms with E-state index in [-0.39, 0.29) is 24.4 Å². The fourth-order valence-corrected chi connectivity index (χ4v) is 5.29. The van der Waals surface area contributed by atoms with E-state index in [0.29, 0.717) is 23.5 Å². The summed E-state index contributed by atoms with van der Waals surface area (Å²) in [7, 11) is 0. The van der Waals surface area contributed by atoms with Crippen LogP contribution < -0.4 is 0 Å². The number of nitrogens with zero attached hydrogens (tertiary/aromatic N) is 1. The van der Waals surface area contributed by atoms with Crippen LogP contribution in [0.15, 0.2) is 24.3 Å². The predicted molar refractivity (Wildman–Crippen MR) is 115 cm³/mol. The number of halogens is 1. The maximum atomic E-state index is 11.9. The summed E-state index contributed by atoms with van der Waals surface area (Å²) >= 11 is 0. The Morgan fingerprint density at radius 2 is 1.89 bits per heavy atom. The Balaban J connectivity index is 0.00000280.